The second-order valence-corrected chi connectivity index (χ2v) is 3.54. The molecule has 1 aliphatic heterocycles. The molecule has 1 saturated heterocycles. The fraction of sp³-hybridized carbons (Fsp3) is 1.00. The first-order valence-electron chi connectivity index (χ1n) is 4.66. The Morgan fingerprint density at radius 2 is 2.09 bits per heavy atom. The smallest absolute Gasteiger partial charge is 0.0811 e. The van der Waals surface area contributed by atoms with Crippen molar-refractivity contribution in [3.63, 3.8) is 0 Å². The SMILES string of the molecule is CCC(CC)C1(O)CCNC1. The number of β-amino-alcohol motifs (C(OH)–C–C–N with tert-alkyl or cyclic N) is 1. The van der Waals surface area contributed by atoms with Crippen molar-refractivity contribution in [2.45, 2.75) is 38.7 Å². The highest BCUT2D eigenvalue weighted by atomic mass is 16.3. The maximum Gasteiger partial charge on any atom is 0.0811 e. The molecule has 2 N–H and O–H groups in total. The molecule has 0 aromatic rings. The summed E-state index contributed by atoms with van der Waals surface area (Å²) in [5.74, 6) is 0.484. The van der Waals surface area contributed by atoms with Crippen molar-refractivity contribution in [2.75, 3.05) is 13.1 Å². The topological polar surface area (TPSA) is 32.3 Å². The molecule has 2 heteroatoms. The molecule has 0 aliphatic carbocycles. The van der Waals surface area contributed by atoms with Crippen molar-refractivity contribution in [2.24, 2.45) is 5.92 Å². The van der Waals surface area contributed by atoms with E-state index in [9.17, 15) is 5.11 Å². The molecule has 0 bridgehead atoms. The summed E-state index contributed by atoms with van der Waals surface area (Å²) in [6.07, 6.45) is 3.11. The Kier molecular flexibility index (Phi) is 2.90. The summed E-state index contributed by atoms with van der Waals surface area (Å²) in [4.78, 5) is 0. The molecule has 1 heterocycles. The summed E-state index contributed by atoms with van der Waals surface area (Å²) in [7, 11) is 0. The van der Waals surface area contributed by atoms with Gasteiger partial charge in [-0.05, 0) is 18.9 Å². The number of hydrogen-bond donors (Lipinski definition) is 2. The standard InChI is InChI=1S/C9H19NO/c1-3-8(4-2)9(11)5-6-10-7-9/h8,10-11H,3-7H2,1-2H3. The summed E-state index contributed by atoms with van der Waals surface area (Å²) in [5.41, 5.74) is -0.399. The van der Waals surface area contributed by atoms with Gasteiger partial charge in [-0.25, -0.2) is 0 Å². The summed E-state index contributed by atoms with van der Waals surface area (Å²) >= 11 is 0. The van der Waals surface area contributed by atoms with E-state index in [-0.39, 0.29) is 0 Å². The lowest BCUT2D eigenvalue weighted by Gasteiger charge is -2.30. The maximum absolute atomic E-state index is 10.1. The van der Waals surface area contributed by atoms with Crippen molar-refractivity contribution in [1.82, 2.24) is 5.32 Å². The fourth-order valence-corrected chi connectivity index (χ4v) is 2.10. The molecule has 0 amide bonds. The average Bonchev–Trinajstić information content (AvgIpc) is 2.39. The van der Waals surface area contributed by atoms with E-state index in [2.05, 4.69) is 19.2 Å². The lowest BCUT2D eigenvalue weighted by Crippen LogP contribution is -2.39. The third-order valence-electron chi connectivity index (χ3n) is 2.91. The van der Waals surface area contributed by atoms with Crippen LogP contribution in [0.25, 0.3) is 0 Å². The van der Waals surface area contributed by atoms with Gasteiger partial charge in [-0.1, -0.05) is 26.7 Å². The minimum Gasteiger partial charge on any atom is -0.388 e. The predicted molar refractivity (Wildman–Crippen MR) is 46.5 cm³/mol. The van der Waals surface area contributed by atoms with Crippen molar-refractivity contribution >= 4 is 0 Å². The molecule has 1 atom stereocenters. The summed E-state index contributed by atoms with van der Waals surface area (Å²) in [5, 5.41) is 13.3. The molecule has 1 aliphatic rings. The molecule has 0 saturated carbocycles. The van der Waals surface area contributed by atoms with Gasteiger partial charge in [-0.15, -0.1) is 0 Å². The second kappa shape index (κ2) is 3.55. The molecule has 0 aromatic carbocycles. The molecule has 1 unspecified atom stereocenters. The Bertz CT molecular complexity index is 115. The summed E-state index contributed by atoms with van der Waals surface area (Å²) in [6.45, 7) is 6.08. The van der Waals surface area contributed by atoms with Crippen LogP contribution in [-0.2, 0) is 0 Å². The van der Waals surface area contributed by atoms with Crippen molar-refractivity contribution in [1.29, 1.82) is 0 Å². The van der Waals surface area contributed by atoms with Gasteiger partial charge in [0, 0.05) is 6.54 Å². The first kappa shape index (κ1) is 9.01. The zero-order valence-corrected chi connectivity index (χ0v) is 7.56. The zero-order chi connectivity index (χ0) is 8.32. The largest absolute Gasteiger partial charge is 0.388 e. The minimum atomic E-state index is -0.399. The highest BCUT2D eigenvalue weighted by Crippen LogP contribution is 2.29. The van der Waals surface area contributed by atoms with E-state index in [1.807, 2.05) is 0 Å². The van der Waals surface area contributed by atoms with E-state index in [1.54, 1.807) is 0 Å². The van der Waals surface area contributed by atoms with Crippen molar-refractivity contribution in [3.8, 4) is 0 Å². The molecule has 1 rings (SSSR count). The predicted octanol–water partition coefficient (Wildman–Crippen LogP) is 1.15. The first-order valence-corrected chi connectivity index (χ1v) is 4.66. The fourth-order valence-electron chi connectivity index (χ4n) is 2.10. The second-order valence-electron chi connectivity index (χ2n) is 3.54. The Labute approximate surface area is 69.0 Å². The molecular formula is C9H19NO. The van der Waals surface area contributed by atoms with Gasteiger partial charge in [0.25, 0.3) is 0 Å². The first-order chi connectivity index (χ1) is 5.23. The quantitative estimate of drug-likeness (QED) is 0.644. The van der Waals surface area contributed by atoms with Crippen molar-refractivity contribution < 1.29 is 5.11 Å². The van der Waals surface area contributed by atoms with Gasteiger partial charge in [0.15, 0.2) is 0 Å². The third-order valence-corrected chi connectivity index (χ3v) is 2.91. The van der Waals surface area contributed by atoms with Gasteiger partial charge in [-0.3, -0.25) is 0 Å². The minimum absolute atomic E-state index is 0.399. The van der Waals surface area contributed by atoms with Crippen LogP contribution in [0.1, 0.15) is 33.1 Å². The molecule has 0 aromatic heterocycles. The normalized spacial score (nSPS) is 31.6. The van der Waals surface area contributed by atoms with Crippen LogP contribution in [-0.4, -0.2) is 23.8 Å². The molecule has 2 nitrogen and oxygen atoms in total. The molecule has 1 fully saturated rings. The zero-order valence-electron chi connectivity index (χ0n) is 7.56. The summed E-state index contributed by atoms with van der Waals surface area (Å²) < 4.78 is 0. The van der Waals surface area contributed by atoms with Gasteiger partial charge >= 0.3 is 0 Å². The van der Waals surface area contributed by atoms with E-state index in [0.717, 1.165) is 32.4 Å². The Morgan fingerprint density at radius 1 is 1.45 bits per heavy atom. The molecule has 11 heavy (non-hydrogen) atoms. The van der Waals surface area contributed by atoms with Gasteiger partial charge in [0.2, 0.25) is 0 Å². The maximum atomic E-state index is 10.1. The van der Waals surface area contributed by atoms with Crippen LogP contribution in [0.4, 0.5) is 0 Å². The lowest BCUT2D eigenvalue weighted by atomic mass is 9.83. The Morgan fingerprint density at radius 3 is 2.45 bits per heavy atom. The molecule has 0 radical (unpaired) electrons. The Hall–Kier alpha value is -0.0800. The lowest BCUT2D eigenvalue weighted by molar-refractivity contribution is -0.00304. The van der Waals surface area contributed by atoms with E-state index < -0.39 is 5.60 Å². The van der Waals surface area contributed by atoms with Crippen LogP contribution in [0.3, 0.4) is 0 Å². The number of rotatable bonds is 3. The van der Waals surface area contributed by atoms with Crippen molar-refractivity contribution in [3.05, 3.63) is 0 Å². The molecule has 66 valence electrons. The van der Waals surface area contributed by atoms with E-state index in [1.165, 1.54) is 0 Å². The number of nitrogens with one attached hydrogen (secondary N) is 1. The average molecular weight is 157 g/mol. The van der Waals surface area contributed by atoms with Crippen LogP contribution < -0.4 is 5.32 Å². The monoisotopic (exact) mass is 157 g/mol. The highest BCUT2D eigenvalue weighted by Gasteiger charge is 2.36. The van der Waals surface area contributed by atoms with Crippen LogP contribution in [0, 0.1) is 5.92 Å². The van der Waals surface area contributed by atoms with Gasteiger partial charge < -0.3 is 10.4 Å². The van der Waals surface area contributed by atoms with E-state index >= 15 is 0 Å². The molecule has 0 spiro atoms. The Balaban J connectivity index is 2.53. The van der Waals surface area contributed by atoms with Gasteiger partial charge in [-0.2, -0.15) is 0 Å². The summed E-state index contributed by atoms with van der Waals surface area (Å²) in [6, 6.07) is 0. The van der Waals surface area contributed by atoms with Gasteiger partial charge in [0.1, 0.15) is 0 Å². The van der Waals surface area contributed by atoms with E-state index in [0.29, 0.717) is 5.92 Å². The highest BCUT2D eigenvalue weighted by molar-refractivity contribution is 4.92. The number of hydrogen-bond acceptors (Lipinski definition) is 2. The number of aliphatic hydroxyl groups is 1. The third kappa shape index (κ3) is 1.74. The molecular weight excluding hydrogens is 138 g/mol. The van der Waals surface area contributed by atoms with Crippen LogP contribution in [0.15, 0.2) is 0 Å². The van der Waals surface area contributed by atoms with Crippen LogP contribution >= 0.6 is 0 Å². The van der Waals surface area contributed by atoms with Crippen LogP contribution in [0.5, 0.6) is 0 Å². The van der Waals surface area contributed by atoms with E-state index in [4.69, 9.17) is 0 Å². The van der Waals surface area contributed by atoms with Crippen LogP contribution in [0.2, 0.25) is 0 Å². The van der Waals surface area contributed by atoms with Gasteiger partial charge in [0.05, 0.1) is 5.60 Å².